The fourth-order valence-corrected chi connectivity index (χ4v) is 2.73. The van der Waals surface area contributed by atoms with Gasteiger partial charge in [0.25, 0.3) is 0 Å². The molecule has 0 aromatic heterocycles. The molecule has 0 saturated heterocycles. The maximum Gasteiger partial charge on any atom is 0.0487 e. The lowest BCUT2D eigenvalue weighted by Gasteiger charge is -2.33. The minimum absolute atomic E-state index is 0.221. The van der Waals surface area contributed by atoms with Crippen LogP contribution in [0.15, 0.2) is 0 Å². The topological polar surface area (TPSA) is 29.5 Å². The minimum atomic E-state index is 0.221. The first kappa shape index (κ1) is 13.0. The summed E-state index contributed by atoms with van der Waals surface area (Å²) in [5.41, 5.74) is 0.221. The quantitative estimate of drug-likeness (QED) is 0.712. The molecule has 1 saturated carbocycles. The highest BCUT2D eigenvalue weighted by molar-refractivity contribution is 4.80. The van der Waals surface area contributed by atoms with Crippen LogP contribution in [0, 0.1) is 5.41 Å². The van der Waals surface area contributed by atoms with Gasteiger partial charge in [-0.1, -0.05) is 32.1 Å². The number of aliphatic hydroxyl groups is 1. The molecule has 0 atom stereocenters. The van der Waals surface area contributed by atoms with E-state index in [1.807, 2.05) is 0 Å². The van der Waals surface area contributed by atoms with Crippen molar-refractivity contribution in [2.24, 2.45) is 5.41 Å². The van der Waals surface area contributed by atoms with Crippen molar-refractivity contribution in [2.75, 3.05) is 20.3 Å². The van der Waals surface area contributed by atoms with Crippen LogP contribution >= 0.6 is 0 Å². The van der Waals surface area contributed by atoms with Gasteiger partial charge in [0.2, 0.25) is 0 Å². The first-order valence-corrected chi connectivity index (χ1v) is 6.43. The van der Waals surface area contributed by atoms with Gasteiger partial charge in [-0.15, -0.1) is 0 Å². The van der Waals surface area contributed by atoms with Crippen molar-refractivity contribution in [3.05, 3.63) is 0 Å². The molecule has 0 aliphatic heterocycles. The summed E-state index contributed by atoms with van der Waals surface area (Å²) in [7, 11) is 1.75. The Balaban J connectivity index is 2.39. The van der Waals surface area contributed by atoms with E-state index in [2.05, 4.69) is 0 Å². The van der Waals surface area contributed by atoms with Crippen LogP contribution in [0.1, 0.15) is 57.8 Å². The van der Waals surface area contributed by atoms with Crippen molar-refractivity contribution in [3.63, 3.8) is 0 Å². The average Bonchev–Trinajstić information content (AvgIpc) is 2.22. The minimum Gasteiger partial charge on any atom is -0.396 e. The third-order valence-corrected chi connectivity index (χ3v) is 3.81. The van der Waals surface area contributed by atoms with Crippen molar-refractivity contribution in [3.8, 4) is 0 Å². The zero-order chi connectivity index (χ0) is 11.0. The Kier molecular flexibility index (Phi) is 6.26. The van der Waals surface area contributed by atoms with Gasteiger partial charge in [0.05, 0.1) is 0 Å². The fourth-order valence-electron chi connectivity index (χ4n) is 2.73. The number of hydrogen-bond donors (Lipinski definition) is 1. The number of rotatable bonds is 5. The lowest BCUT2D eigenvalue weighted by atomic mass is 9.74. The summed E-state index contributed by atoms with van der Waals surface area (Å²) in [6, 6.07) is 0. The van der Waals surface area contributed by atoms with Crippen LogP contribution in [0.4, 0.5) is 0 Å². The number of methoxy groups -OCH3 is 1. The molecule has 0 aromatic carbocycles. The van der Waals surface area contributed by atoms with Crippen LogP contribution in [-0.4, -0.2) is 25.4 Å². The highest BCUT2D eigenvalue weighted by atomic mass is 16.5. The molecule has 0 radical (unpaired) electrons. The van der Waals surface area contributed by atoms with Gasteiger partial charge < -0.3 is 9.84 Å². The molecule has 1 rings (SSSR count). The molecule has 90 valence electrons. The molecule has 2 nitrogen and oxygen atoms in total. The Labute approximate surface area is 94.0 Å². The van der Waals surface area contributed by atoms with Crippen LogP contribution in [-0.2, 0) is 4.74 Å². The molecule has 0 spiro atoms. The summed E-state index contributed by atoms with van der Waals surface area (Å²) in [5.74, 6) is 0. The van der Waals surface area contributed by atoms with E-state index >= 15 is 0 Å². The highest BCUT2D eigenvalue weighted by Gasteiger charge is 2.28. The van der Waals surface area contributed by atoms with Crippen LogP contribution in [0.5, 0.6) is 0 Å². The number of ether oxygens (including phenoxy) is 1. The van der Waals surface area contributed by atoms with Crippen LogP contribution in [0.2, 0.25) is 0 Å². The van der Waals surface area contributed by atoms with E-state index in [0.29, 0.717) is 6.61 Å². The molecule has 1 N–H and O–H groups in total. The zero-order valence-corrected chi connectivity index (χ0v) is 10.1. The third-order valence-electron chi connectivity index (χ3n) is 3.81. The Hall–Kier alpha value is -0.0800. The molecule has 15 heavy (non-hydrogen) atoms. The van der Waals surface area contributed by atoms with Crippen molar-refractivity contribution in [2.45, 2.75) is 57.8 Å². The van der Waals surface area contributed by atoms with Gasteiger partial charge in [0.1, 0.15) is 0 Å². The zero-order valence-electron chi connectivity index (χ0n) is 10.1. The normalized spacial score (nSPS) is 22.0. The largest absolute Gasteiger partial charge is 0.396 e. The Morgan fingerprint density at radius 3 is 2.20 bits per heavy atom. The monoisotopic (exact) mass is 214 g/mol. The SMILES string of the molecule is COCCCC1(CO)CCCCCCC1. The van der Waals surface area contributed by atoms with E-state index in [4.69, 9.17) is 4.74 Å². The summed E-state index contributed by atoms with van der Waals surface area (Å²) in [6.45, 7) is 1.21. The highest BCUT2D eigenvalue weighted by Crippen LogP contribution is 2.37. The summed E-state index contributed by atoms with van der Waals surface area (Å²) in [6.07, 6.45) is 11.4. The predicted molar refractivity (Wildman–Crippen MR) is 62.9 cm³/mol. The second-order valence-corrected chi connectivity index (χ2v) is 5.02. The standard InChI is InChI=1S/C13H26O2/c1-15-11-7-10-13(12-14)8-5-3-2-4-6-9-13/h14H,2-12H2,1H3. The first-order chi connectivity index (χ1) is 7.33. The molecular weight excluding hydrogens is 188 g/mol. The first-order valence-electron chi connectivity index (χ1n) is 6.43. The Bertz CT molecular complexity index is 149. The van der Waals surface area contributed by atoms with E-state index in [-0.39, 0.29) is 5.41 Å². The van der Waals surface area contributed by atoms with Crippen molar-refractivity contribution in [1.82, 2.24) is 0 Å². The maximum atomic E-state index is 9.62. The van der Waals surface area contributed by atoms with Gasteiger partial charge >= 0.3 is 0 Å². The van der Waals surface area contributed by atoms with Gasteiger partial charge in [-0.2, -0.15) is 0 Å². The Morgan fingerprint density at radius 2 is 1.67 bits per heavy atom. The molecule has 1 fully saturated rings. The summed E-state index contributed by atoms with van der Waals surface area (Å²) in [5, 5.41) is 9.62. The van der Waals surface area contributed by atoms with Gasteiger partial charge in [-0.05, 0) is 31.1 Å². The van der Waals surface area contributed by atoms with Gasteiger partial charge in [-0.3, -0.25) is 0 Å². The molecular formula is C13H26O2. The summed E-state index contributed by atoms with van der Waals surface area (Å²) < 4.78 is 5.10. The summed E-state index contributed by atoms with van der Waals surface area (Å²) in [4.78, 5) is 0. The smallest absolute Gasteiger partial charge is 0.0487 e. The van der Waals surface area contributed by atoms with Gasteiger partial charge in [0.15, 0.2) is 0 Å². The third kappa shape index (κ3) is 4.52. The second-order valence-electron chi connectivity index (χ2n) is 5.02. The molecule has 0 aromatic rings. The van der Waals surface area contributed by atoms with E-state index in [0.717, 1.165) is 19.4 Å². The van der Waals surface area contributed by atoms with E-state index in [1.54, 1.807) is 7.11 Å². The van der Waals surface area contributed by atoms with Crippen LogP contribution < -0.4 is 0 Å². The van der Waals surface area contributed by atoms with E-state index in [9.17, 15) is 5.11 Å². The molecule has 1 aliphatic carbocycles. The van der Waals surface area contributed by atoms with Crippen LogP contribution in [0.3, 0.4) is 0 Å². The molecule has 0 bridgehead atoms. The second kappa shape index (κ2) is 7.24. The average molecular weight is 214 g/mol. The van der Waals surface area contributed by atoms with Crippen LogP contribution in [0.25, 0.3) is 0 Å². The molecule has 0 amide bonds. The molecule has 1 aliphatic rings. The maximum absolute atomic E-state index is 9.62. The van der Waals surface area contributed by atoms with E-state index < -0.39 is 0 Å². The molecule has 0 unspecified atom stereocenters. The molecule has 0 heterocycles. The van der Waals surface area contributed by atoms with Gasteiger partial charge in [0, 0.05) is 20.3 Å². The van der Waals surface area contributed by atoms with Crippen molar-refractivity contribution >= 4 is 0 Å². The lowest BCUT2D eigenvalue weighted by molar-refractivity contribution is 0.0716. The molecule has 2 heteroatoms. The number of hydrogen-bond acceptors (Lipinski definition) is 2. The van der Waals surface area contributed by atoms with E-state index in [1.165, 1.54) is 44.9 Å². The van der Waals surface area contributed by atoms with Crippen molar-refractivity contribution in [1.29, 1.82) is 0 Å². The predicted octanol–water partition coefficient (Wildman–Crippen LogP) is 3.14. The Morgan fingerprint density at radius 1 is 1.07 bits per heavy atom. The van der Waals surface area contributed by atoms with Gasteiger partial charge in [-0.25, -0.2) is 0 Å². The fraction of sp³-hybridized carbons (Fsp3) is 1.00. The lowest BCUT2D eigenvalue weighted by Crippen LogP contribution is -2.27. The van der Waals surface area contributed by atoms with Crippen molar-refractivity contribution < 1.29 is 9.84 Å². The summed E-state index contributed by atoms with van der Waals surface area (Å²) >= 11 is 0. The number of aliphatic hydroxyl groups excluding tert-OH is 1.